The van der Waals surface area contributed by atoms with Gasteiger partial charge in [-0.25, -0.2) is 0 Å². The van der Waals surface area contributed by atoms with Gasteiger partial charge < -0.3 is 11.1 Å². The Morgan fingerprint density at radius 3 is 2.79 bits per heavy atom. The highest BCUT2D eigenvalue weighted by molar-refractivity contribution is 6.36. The minimum Gasteiger partial charge on any atom is -0.386 e. The molecule has 0 bridgehead atoms. The van der Waals surface area contributed by atoms with E-state index >= 15 is 0 Å². The van der Waals surface area contributed by atoms with Gasteiger partial charge in [0.1, 0.15) is 0 Å². The van der Waals surface area contributed by atoms with Crippen molar-refractivity contribution >= 4 is 28.9 Å². The minimum atomic E-state index is 0.560. The van der Waals surface area contributed by atoms with Crippen molar-refractivity contribution in [2.24, 2.45) is 5.73 Å². The number of anilines is 1. The van der Waals surface area contributed by atoms with Crippen LogP contribution in [0, 0.1) is 0 Å². The van der Waals surface area contributed by atoms with Crippen molar-refractivity contribution in [2.75, 3.05) is 5.32 Å². The second kappa shape index (κ2) is 5.13. The Hall–Kier alpha value is -0.860. The van der Waals surface area contributed by atoms with Crippen LogP contribution in [0.25, 0.3) is 0 Å². The maximum Gasteiger partial charge on any atom is 0.0963 e. The lowest BCUT2D eigenvalue weighted by Gasteiger charge is -2.08. The van der Waals surface area contributed by atoms with E-state index in [0.717, 1.165) is 12.1 Å². The number of rotatable bonds is 3. The molecule has 14 heavy (non-hydrogen) atoms. The summed E-state index contributed by atoms with van der Waals surface area (Å²) in [6.45, 7) is 2.01. The molecule has 0 heterocycles. The summed E-state index contributed by atoms with van der Waals surface area (Å²) in [7, 11) is 0. The van der Waals surface area contributed by atoms with Gasteiger partial charge in [-0.15, -0.1) is 0 Å². The van der Waals surface area contributed by atoms with Gasteiger partial charge in [-0.3, -0.25) is 0 Å². The van der Waals surface area contributed by atoms with E-state index in [9.17, 15) is 0 Å². The average molecular weight is 231 g/mol. The van der Waals surface area contributed by atoms with E-state index in [0.29, 0.717) is 15.9 Å². The van der Waals surface area contributed by atoms with Crippen LogP contribution in [0.1, 0.15) is 13.3 Å². The molecule has 0 aliphatic rings. The van der Waals surface area contributed by atoms with Crippen molar-refractivity contribution in [3.8, 4) is 0 Å². The Balaban J connectivity index is 2.82. The smallest absolute Gasteiger partial charge is 0.0963 e. The molecular weight excluding hydrogens is 219 g/mol. The number of nitrogens with one attached hydrogen (secondary N) is 1. The highest BCUT2D eigenvalue weighted by Crippen LogP contribution is 2.25. The number of benzene rings is 1. The number of halogens is 2. The van der Waals surface area contributed by atoms with E-state index < -0.39 is 0 Å². The summed E-state index contributed by atoms with van der Waals surface area (Å²) in [6.07, 6.45) is 2.76. The monoisotopic (exact) mass is 230 g/mol. The lowest BCUT2D eigenvalue weighted by Crippen LogP contribution is -2.08. The molecule has 3 N–H and O–H groups in total. The highest BCUT2D eigenvalue weighted by atomic mass is 35.5. The molecule has 0 amide bonds. The summed E-state index contributed by atoms with van der Waals surface area (Å²) in [6, 6.07) is 5.22. The zero-order chi connectivity index (χ0) is 10.6. The first-order valence-electron chi connectivity index (χ1n) is 4.31. The molecular formula is C10H12Cl2N2. The maximum atomic E-state index is 5.94. The van der Waals surface area contributed by atoms with Crippen LogP contribution in [0.3, 0.4) is 0 Å². The van der Waals surface area contributed by atoms with E-state index in [1.54, 1.807) is 18.2 Å². The molecule has 0 saturated heterocycles. The van der Waals surface area contributed by atoms with Gasteiger partial charge in [0.05, 0.1) is 16.5 Å². The van der Waals surface area contributed by atoms with Crippen LogP contribution in [-0.2, 0) is 0 Å². The summed E-state index contributed by atoms with van der Waals surface area (Å²) >= 11 is 11.7. The van der Waals surface area contributed by atoms with Crippen molar-refractivity contribution in [3.63, 3.8) is 0 Å². The second-order valence-electron chi connectivity index (χ2n) is 2.82. The largest absolute Gasteiger partial charge is 0.386 e. The Morgan fingerprint density at radius 1 is 1.50 bits per heavy atom. The fourth-order valence-corrected chi connectivity index (χ4v) is 1.47. The third kappa shape index (κ3) is 3.13. The number of nitrogens with two attached hydrogens (primary N) is 1. The lowest BCUT2D eigenvalue weighted by molar-refractivity contribution is 1.16. The van der Waals surface area contributed by atoms with Gasteiger partial charge >= 0.3 is 0 Å². The molecule has 1 aromatic rings. The standard InChI is InChI=1S/C10H12Cl2N2/c1-2-3-10(13)14-9-5-4-7(11)6-8(9)12/h3-6,14H,2,13H2,1H3/b10-3-. The predicted molar refractivity (Wildman–Crippen MR) is 62.6 cm³/mol. The molecule has 2 nitrogen and oxygen atoms in total. The van der Waals surface area contributed by atoms with Crippen molar-refractivity contribution in [2.45, 2.75) is 13.3 Å². The summed E-state index contributed by atoms with van der Waals surface area (Å²) in [4.78, 5) is 0. The fraction of sp³-hybridized carbons (Fsp3) is 0.200. The first-order valence-corrected chi connectivity index (χ1v) is 5.06. The molecule has 0 aromatic heterocycles. The highest BCUT2D eigenvalue weighted by Gasteiger charge is 2.00. The van der Waals surface area contributed by atoms with Gasteiger partial charge in [0, 0.05) is 5.02 Å². The normalized spacial score (nSPS) is 11.5. The molecule has 0 unspecified atom stereocenters. The summed E-state index contributed by atoms with van der Waals surface area (Å²) in [5.74, 6) is 0.594. The zero-order valence-corrected chi connectivity index (χ0v) is 9.36. The zero-order valence-electron chi connectivity index (χ0n) is 7.85. The molecule has 0 aliphatic carbocycles. The summed E-state index contributed by atoms with van der Waals surface area (Å²) in [5.41, 5.74) is 6.44. The van der Waals surface area contributed by atoms with Crippen molar-refractivity contribution in [1.82, 2.24) is 0 Å². The molecule has 0 spiro atoms. The van der Waals surface area contributed by atoms with Crippen LogP contribution in [-0.4, -0.2) is 0 Å². The van der Waals surface area contributed by atoms with E-state index in [4.69, 9.17) is 28.9 Å². The topological polar surface area (TPSA) is 38.0 Å². The SMILES string of the molecule is CC/C=C(/N)Nc1ccc(Cl)cc1Cl. The first-order chi connectivity index (χ1) is 6.63. The Morgan fingerprint density at radius 2 is 2.21 bits per heavy atom. The fourth-order valence-electron chi connectivity index (χ4n) is 1.02. The Labute approximate surface area is 93.7 Å². The van der Waals surface area contributed by atoms with Gasteiger partial charge in [-0.2, -0.15) is 0 Å². The number of hydrogen-bond acceptors (Lipinski definition) is 2. The van der Waals surface area contributed by atoms with Crippen LogP contribution in [0.15, 0.2) is 30.1 Å². The maximum absolute atomic E-state index is 5.94. The van der Waals surface area contributed by atoms with Crippen LogP contribution < -0.4 is 11.1 Å². The Kier molecular flexibility index (Phi) is 4.11. The third-order valence-electron chi connectivity index (χ3n) is 1.63. The van der Waals surface area contributed by atoms with E-state index in [2.05, 4.69) is 5.32 Å². The van der Waals surface area contributed by atoms with Crippen molar-refractivity contribution in [3.05, 3.63) is 40.1 Å². The third-order valence-corrected chi connectivity index (χ3v) is 2.18. The second-order valence-corrected chi connectivity index (χ2v) is 3.66. The minimum absolute atomic E-state index is 0.560. The van der Waals surface area contributed by atoms with E-state index in [1.807, 2.05) is 13.0 Å². The molecule has 1 aromatic carbocycles. The Bertz CT molecular complexity index is 348. The molecule has 1 rings (SSSR count). The first kappa shape index (κ1) is 11.2. The molecule has 0 fully saturated rings. The van der Waals surface area contributed by atoms with Crippen LogP contribution in [0.5, 0.6) is 0 Å². The molecule has 0 radical (unpaired) electrons. The van der Waals surface area contributed by atoms with E-state index in [1.165, 1.54) is 0 Å². The quantitative estimate of drug-likeness (QED) is 0.833. The van der Waals surface area contributed by atoms with Gasteiger partial charge in [0.2, 0.25) is 0 Å². The predicted octanol–water partition coefficient (Wildman–Crippen LogP) is 3.62. The van der Waals surface area contributed by atoms with Gasteiger partial charge in [0.15, 0.2) is 0 Å². The van der Waals surface area contributed by atoms with E-state index in [-0.39, 0.29) is 0 Å². The van der Waals surface area contributed by atoms with Gasteiger partial charge in [-0.1, -0.05) is 30.1 Å². The number of allylic oxidation sites excluding steroid dienone is 1. The average Bonchev–Trinajstić information content (AvgIpc) is 2.10. The van der Waals surface area contributed by atoms with Crippen LogP contribution in [0.4, 0.5) is 5.69 Å². The molecule has 0 saturated carbocycles. The van der Waals surface area contributed by atoms with Gasteiger partial charge in [0.25, 0.3) is 0 Å². The summed E-state index contributed by atoms with van der Waals surface area (Å²) in [5, 5.41) is 4.16. The molecule has 0 atom stereocenters. The molecule has 76 valence electrons. The molecule has 0 aliphatic heterocycles. The number of hydrogen-bond donors (Lipinski definition) is 2. The molecule has 4 heteroatoms. The summed E-state index contributed by atoms with van der Waals surface area (Å²) < 4.78 is 0. The lowest BCUT2D eigenvalue weighted by atomic mass is 10.3. The van der Waals surface area contributed by atoms with Crippen molar-refractivity contribution in [1.29, 1.82) is 0 Å². The van der Waals surface area contributed by atoms with Crippen LogP contribution in [0.2, 0.25) is 10.0 Å². The van der Waals surface area contributed by atoms with Gasteiger partial charge in [-0.05, 0) is 30.7 Å². The van der Waals surface area contributed by atoms with Crippen molar-refractivity contribution < 1.29 is 0 Å². The van der Waals surface area contributed by atoms with Crippen LogP contribution >= 0.6 is 23.2 Å².